The minimum absolute atomic E-state index is 0.0805. The summed E-state index contributed by atoms with van der Waals surface area (Å²) in [5.74, 6) is -0.199. The first-order chi connectivity index (χ1) is 8.70. The second-order valence-electron chi connectivity index (χ2n) is 4.08. The molecule has 0 bridgehead atoms. The van der Waals surface area contributed by atoms with Gasteiger partial charge in [-0.3, -0.25) is 0 Å². The largest absolute Gasteiger partial charge is 0.326 e. The summed E-state index contributed by atoms with van der Waals surface area (Å²) in [5, 5.41) is 2.24. The quantitative estimate of drug-likeness (QED) is 0.819. The van der Waals surface area contributed by atoms with Crippen molar-refractivity contribution in [1.82, 2.24) is 0 Å². The highest BCUT2D eigenvalue weighted by molar-refractivity contribution is 7.99. The van der Waals surface area contributed by atoms with E-state index in [1.807, 2.05) is 12.1 Å². The highest BCUT2D eigenvalue weighted by Gasteiger charge is 2.20. The summed E-state index contributed by atoms with van der Waals surface area (Å²) in [5.41, 5.74) is 6.19. The SMILES string of the molecule is CCC(N)C(Sc1cccc(F)c1)c1cccs1. The van der Waals surface area contributed by atoms with Crippen molar-refractivity contribution in [2.24, 2.45) is 5.73 Å². The van der Waals surface area contributed by atoms with Crippen LogP contribution in [-0.4, -0.2) is 6.04 Å². The van der Waals surface area contributed by atoms with Crippen LogP contribution in [0.5, 0.6) is 0 Å². The number of halogens is 1. The Labute approximate surface area is 115 Å². The zero-order valence-electron chi connectivity index (χ0n) is 10.2. The maximum absolute atomic E-state index is 13.2. The van der Waals surface area contributed by atoms with E-state index in [1.54, 1.807) is 35.2 Å². The molecule has 2 unspecified atom stereocenters. The lowest BCUT2D eigenvalue weighted by molar-refractivity contribution is 0.622. The smallest absolute Gasteiger partial charge is 0.124 e. The molecule has 1 aromatic heterocycles. The Hall–Kier alpha value is -0.840. The van der Waals surface area contributed by atoms with E-state index in [1.165, 1.54) is 10.9 Å². The molecule has 2 atom stereocenters. The van der Waals surface area contributed by atoms with Gasteiger partial charge in [-0.05, 0) is 36.1 Å². The average Bonchev–Trinajstić information content (AvgIpc) is 2.89. The van der Waals surface area contributed by atoms with Crippen LogP contribution in [0.2, 0.25) is 0 Å². The van der Waals surface area contributed by atoms with Crippen molar-refractivity contribution in [1.29, 1.82) is 0 Å². The number of hydrogen-bond donors (Lipinski definition) is 1. The van der Waals surface area contributed by atoms with E-state index in [2.05, 4.69) is 18.4 Å². The zero-order chi connectivity index (χ0) is 13.0. The molecule has 0 spiro atoms. The van der Waals surface area contributed by atoms with Crippen molar-refractivity contribution in [3.8, 4) is 0 Å². The molecule has 4 heteroatoms. The van der Waals surface area contributed by atoms with E-state index in [4.69, 9.17) is 5.73 Å². The number of benzene rings is 1. The first-order valence-corrected chi connectivity index (χ1v) is 7.68. The van der Waals surface area contributed by atoms with Gasteiger partial charge < -0.3 is 5.73 Å². The van der Waals surface area contributed by atoms with Crippen molar-refractivity contribution < 1.29 is 4.39 Å². The highest BCUT2D eigenvalue weighted by atomic mass is 32.2. The first-order valence-electron chi connectivity index (χ1n) is 5.92. The average molecular weight is 281 g/mol. The van der Waals surface area contributed by atoms with E-state index < -0.39 is 0 Å². The molecule has 0 aliphatic heterocycles. The summed E-state index contributed by atoms with van der Waals surface area (Å²) in [7, 11) is 0. The van der Waals surface area contributed by atoms with Crippen molar-refractivity contribution in [3.05, 3.63) is 52.5 Å². The normalized spacial score (nSPS) is 14.4. The van der Waals surface area contributed by atoms with Crippen LogP contribution in [0.1, 0.15) is 23.5 Å². The topological polar surface area (TPSA) is 26.0 Å². The van der Waals surface area contributed by atoms with Crippen molar-refractivity contribution >= 4 is 23.1 Å². The molecule has 0 radical (unpaired) electrons. The Bertz CT molecular complexity index is 484. The van der Waals surface area contributed by atoms with Gasteiger partial charge in [0.15, 0.2) is 0 Å². The Morgan fingerprint density at radius 3 is 2.78 bits per heavy atom. The maximum Gasteiger partial charge on any atom is 0.124 e. The minimum Gasteiger partial charge on any atom is -0.326 e. The van der Waals surface area contributed by atoms with Crippen LogP contribution in [0.25, 0.3) is 0 Å². The molecule has 1 aromatic carbocycles. The number of nitrogens with two attached hydrogens (primary N) is 1. The fourth-order valence-corrected chi connectivity index (χ4v) is 3.99. The summed E-state index contributed by atoms with van der Waals surface area (Å²) >= 11 is 3.34. The van der Waals surface area contributed by atoms with Gasteiger partial charge >= 0.3 is 0 Å². The summed E-state index contributed by atoms with van der Waals surface area (Å²) in [6.07, 6.45) is 0.908. The molecule has 2 rings (SSSR count). The fourth-order valence-electron chi connectivity index (χ4n) is 1.71. The van der Waals surface area contributed by atoms with Crippen LogP contribution in [0, 0.1) is 5.82 Å². The molecular formula is C14H16FNS2. The van der Waals surface area contributed by atoms with E-state index in [-0.39, 0.29) is 17.1 Å². The molecule has 1 nitrogen and oxygen atoms in total. The maximum atomic E-state index is 13.2. The lowest BCUT2D eigenvalue weighted by Gasteiger charge is -2.21. The predicted octanol–water partition coefficient (Wildman–Crippen LogP) is 4.46. The van der Waals surface area contributed by atoms with Gasteiger partial charge in [0.1, 0.15) is 5.82 Å². The highest BCUT2D eigenvalue weighted by Crippen LogP contribution is 2.40. The fraction of sp³-hybridized carbons (Fsp3) is 0.286. The van der Waals surface area contributed by atoms with Gasteiger partial charge in [-0.25, -0.2) is 4.39 Å². The first kappa shape index (κ1) is 13.6. The Morgan fingerprint density at radius 2 is 2.17 bits per heavy atom. The van der Waals surface area contributed by atoms with Crippen molar-refractivity contribution in [2.75, 3.05) is 0 Å². The van der Waals surface area contributed by atoms with E-state index in [0.717, 1.165) is 11.3 Å². The van der Waals surface area contributed by atoms with Crippen LogP contribution in [0.3, 0.4) is 0 Å². The second kappa shape index (κ2) is 6.36. The van der Waals surface area contributed by atoms with Crippen LogP contribution in [-0.2, 0) is 0 Å². The summed E-state index contributed by atoms with van der Waals surface area (Å²) in [4.78, 5) is 2.18. The van der Waals surface area contributed by atoms with Crippen molar-refractivity contribution in [2.45, 2.75) is 29.5 Å². The summed E-state index contributed by atoms with van der Waals surface area (Å²) in [6.45, 7) is 2.08. The third-order valence-corrected chi connectivity index (χ3v) is 5.23. The lowest BCUT2D eigenvalue weighted by Crippen LogP contribution is -2.25. The standard InChI is InChI=1S/C14H16FNS2/c1-2-12(16)14(13-7-4-8-17-13)18-11-6-3-5-10(15)9-11/h3-9,12,14H,2,16H2,1H3. The number of thioether (sulfide) groups is 1. The van der Waals surface area contributed by atoms with E-state index >= 15 is 0 Å². The molecule has 2 aromatic rings. The monoisotopic (exact) mass is 281 g/mol. The predicted molar refractivity (Wildman–Crippen MR) is 77.6 cm³/mol. The van der Waals surface area contributed by atoms with Crippen LogP contribution in [0.15, 0.2) is 46.7 Å². The molecule has 0 saturated carbocycles. The Morgan fingerprint density at radius 1 is 1.33 bits per heavy atom. The van der Waals surface area contributed by atoms with Crippen LogP contribution in [0.4, 0.5) is 4.39 Å². The minimum atomic E-state index is -0.199. The Balaban J connectivity index is 2.20. The van der Waals surface area contributed by atoms with Gasteiger partial charge in [0.2, 0.25) is 0 Å². The van der Waals surface area contributed by atoms with E-state index in [0.29, 0.717) is 0 Å². The van der Waals surface area contributed by atoms with E-state index in [9.17, 15) is 4.39 Å². The summed E-state index contributed by atoms with van der Waals surface area (Å²) in [6, 6.07) is 10.9. The number of hydrogen-bond acceptors (Lipinski definition) is 3. The zero-order valence-corrected chi connectivity index (χ0v) is 11.8. The number of rotatable bonds is 5. The van der Waals surface area contributed by atoms with Crippen LogP contribution >= 0.6 is 23.1 Å². The van der Waals surface area contributed by atoms with Crippen LogP contribution < -0.4 is 5.73 Å². The van der Waals surface area contributed by atoms with Gasteiger partial charge in [-0.1, -0.05) is 19.1 Å². The van der Waals surface area contributed by atoms with Gasteiger partial charge in [0, 0.05) is 15.8 Å². The van der Waals surface area contributed by atoms with Gasteiger partial charge in [-0.2, -0.15) is 0 Å². The molecule has 0 aliphatic rings. The molecule has 2 N–H and O–H groups in total. The molecule has 1 heterocycles. The number of thiophene rings is 1. The third kappa shape index (κ3) is 3.34. The molecule has 0 amide bonds. The molecule has 0 fully saturated rings. The second-order valence-corrected chi connectivity index (χ2v) is 6.28. The van der Waals surface area contributed by atoms with Gasteiger partial charge in [-0.15, -0.1) is 23.1 Å². The Kier molecular flexibility index (Phi) is 4.80. The summed E-state index contributed by atoms with van der Waals surface area (Å²) < 4.78 is 13.2. The lowest BCUT2D eigenvalue weighted by atomic mass is 10.1. The molecule has 0 aliphatic carbocycles. The molecule has 0 saturated heterocycles. The third-order valence-electron chi connectivity index (χ3n) is 2.74. The van der Waals surface area contributed by atoms with Gasteiger partial charge in [0.25, 0.3) is 0 Å². The molecule has 18 heavy (non-hydrogen) atoms. The van der Waals surface area contributed by atoms with Gasteiger partial charge in [0.05, 0.1) is 5.25 Å². The van der Waals surface area contributed by atoms with Crippen molar-refractivity contribution in [3.63, 3.8) is 0 Å². The molecule has 96 valence electrons. The molecular weight excluding hydrogens is 265 g/mol.